The number of esters is 1. The Morgan fingerprint density at radius 3 is 1.76 bits per heavy atom. The highest BCUT2D eigenvalue weighted by Gasteiger charge is 2.27. The van der Waals surface area contributed by atoms with Crippen LogP contribution in [0.3, 0.4) is 0 Å². The molecule has 1 atom stereocenters. The zero-order valence-electron chi connectivity index (χ0n) is 16.8. The number of carbonyl (C=O) groups excluding carboxylic acids is 1. The minimum atomic E-state index is -0.912. The summed E-state index contributed by atoms with van der Waals surface area (Å²) in [5.41, 5.74) is 2.35. The van der Waals surface area contributed by atoms with Crippen LogP contribution < -0.4 is 0 Å². The van der Waals surface area contributed by atoms with E-state index in [4.69, 9.17) is 9.73 Å². The van der Waals surface area contributed by atoms with Crippen molar-refractivity contribution in [3.63, 3.8) is 0 Å². The lowest BCUT2D eigenvalue weighted by Gasteiger charge is -2.23. The van der Waals surface area contributed by atoms with Gasteiger partial charge in [-0.1, -0.05) is 72.8 Å². The number of nitrogens with zero attached hydrogens (tertiary/aromatic N) is 1. The molecule has 0 aliphatic rings. The number of hydrogen-bond acceptors (Lipinski definition) is 3. The second kappa shape index (κ2) is 8.82. The maximum absolute atomic E-state index is 13.5. The molecule has 3 aromatic rings. The summed E-state index contributed by atoms with van der Waals surface area (Å²) in [5, 5.41) is 0. The van der Waals surface area contributed by atoms with Gasteiger partial charge in [0.25, 0.3) is 0 Å². The Balaban J connectivity index is 2.14. The van der Waals surface area contributed by atoms with Gasteiger partial charge in [-0.2, -0.15) is 0 Å². The molecule has 0 saturated heterocycles. The van der Waals surface area contributed by atoms with Crippen molar-refractivity contribution in [1.82, 2.24) is 0 Å². The van der Waals surface area contributed by atoms with Gasteiger partial charge in [0.2, 0.25) is 0 Å². The molecule has 0 aliphatic carbocycles. The van der Waals surface area contributed by atoms with E-state index in [2.05, 4.69) is 0 Å². The molecule has 0 bridgehead atoms. The number of halogens is 1. The van der Waals surface area contributed by atoms with Crippen LogP contribution in [0, 0.1) is 5.82 Å². The second-order valence-corrected chi connectivity index (χ2v) is 7.70. The Hall–Kier alpha value is -3.27. The first kappa shape index (κ1) is 20.5. The van der Waals surface area contributed by atoms with E-state index in [1.165, 1.54) is 12.1 Å². The lowest BCUT2D eigenvalue weighted by Crippen LogP contribution is -2.28. The van der Waals surface area contributed by atoms with E-state index < -0.39 is 17.6 Å². The van der Waals surface area contributed by atoms with E-state index in [-0.39, 0.29) is 5.82 Å². The molecule has 3 nitrogen and oxygen atoms in total. The fraction of sp³-hybridized carbons (Fsp3) is 0.200. The standard InChI is InChI=1S/C25H24FNO2/c1-25(2,3)29-24(28)23(20-14-16-21(26)17-15-20)27-22(18-10-6-4-7-11-18)19-12-8-5-9-13-19/h4-17,23H,1-3H3/t23-/m1/s1. The molecule has 0 fully saturated rings. The predicted molar refractivity (Wildman–Crippen MR) is 114 cm³/mol. The van der Waals surface area contributed by atoms with Crippen molar-refractivity contribution in [3.05, 3.63) is 107 Å². The lowest BCUT2D eigenvalue weighted by molar-refractivity contribution is -0.156. The van der Waals surface area contributed by atoms with Crippen LogP contribution >= 0.6 is 0 Å². The molecule has 3 rings (SSSR count). The molecule has 148 valence electrons. The van der Waals surface area contributed by atoms with E-state index in [1.54, 1.807) is 12.1 Å². The summed E-state index contributed by atoms with van der Waals surface area (Å²) in [5.74, 6) is -0.847. The highest BCUT2D eigenvalue weighted by Crippen LogP contribution is 2.25. The Labute approximate surface area is 170 Å². The van der Waals surface area contributed by atoms with Crippen molar-refractivity contribution < 1.29 is 13.9 Å². The molecule has 29 heavy (non-hydrogen) atoms. The SMILES string of the molecule is CC(C)(C)OC(=O)[C@H](N=C(c1ccccc1)c1ccccc1)c1ccc(F)cc1. The Bertz CT molecular complexity index is 933. The van der Waals surface area contributed by atoms with E-state index in [0.717, 1.165) is 11.1 Å². The first-order chi connectivity index (χ1) is 13.8. The van der Waals surface area contributed by atoms with E-state index in [0.29, 0.717) is 11.3 Å². The number of rotatable bonds is 5. The molecule has 0 aliphatic heterocycles. The number of carbonyl (C=O) groups is 1. The van der Waals surface area contributed by atoms with Crippen molar-refractivity contribution in [2.75, 3.05) is 0 Å². The molecular weight excluding hydrogens is 365 g/mol. The summed E-state index contributed by atoms with van der Waals surface area (Å²) >= 11 is 0. The molecule has 4 heteroatoms. The van der Waals surface area contributed by atoms with Gasteiger partial charge in [0, 0.05) is 11.1 Å². The van der Waals surface area contributed by atoms with Crippen molar-refractivity contribution in [3.8, 4) is 0 Å². The quantitative estimate of drug-likeness (QED) is 0.412. The maximum atomic E-state index is 13.5. The smallest absolute Gasteiger partial charge is 0.336 e. The van der Waals surface area contributed by atoms with Gasteiger partial charge in [0.1, 0.15) is 11.4 Å². The molecule has 0 unspecified atom stereocenters. The summed E-state index contributed by atoms with van der Waals surface area (Å²) in [6, 6.07) is 24.2. The molecule has 0 saturated carbocycles. The van der Waals surface area contributed by atoms with Gasteiger partial charge < -0.3 is 4.74 Å². The van der Waals surface area contributed by atoms with Gasteiger partial charge in [-0.3, -0.25) is 4.99 Å². The molecule has 0 spiro atoms. The van der Waals surface area contributed by atoms with Crippen LogP contribution in [0.15, 0.2) is 89.9 Å². The fourth-order valence-electron chi connectivity index (χ4n) is 2.90. The first-order valence-electron chi connectivity index (χ1n) is 9.50. The van der Waals surface area contributed by atoms with Crippen LogP contribution in [-0.4, -0.2) is 17.3 Å². The lowest BCUT2D eigenvalue weighted by atomic mass is 10.0. The van der Waals surface area contributed by atoms with Crippen molar-refractivity contribution in [2.45, 2.75) is 32.4 Å². The van der Waals surface area contributed by atoms with Gasteiger partial charge in [-0.25, -0.2) is 9.18 Å². The largest absolute Gasteiger partial charge is 0.458 e. The zero-order chi connectivity index (χ0) is 20.9. The Morgan fingerprint density at radius 2 is 1.31 bits per heavy atom. The third-order valence-electron chi connectivity index (χ3n) is 4.17. The first-order valence-corrected chi connectivity index (χ1v) is 9.50. The molecule has 0 aromatic heterocycles. The number of benzene rings is 3. The van der Waals surface area contributed by atoms with Crippen LogP contribution in [-0.2, 0) is 9.53 Å². The summed E-state index contributed by atoms with van der Waals surface area (Å²) in [6.07, 6.45) is 0. The summed E-state index contributed by atoms with van der Waals surface area (Å²) in [4.78, 5) is 17.8. The highest BCUT2D eigenvalue weighted by molar-refractivity contribution is 6.13. The Kier molecular flexibility index (Phi) is 6.23. The molecule has 0 amide bonds. The fourth-order valence-corrected chi connectivity index (χ4v) is 2.90. The average Bonchev–Trinajstić information content (AvgIpc) is 2.70. The molecule has 0 heterocycles. The highest BCUT2D eigenvalue weighted by atomic mass is 19.1. The third-order valence-corrected chi connectivity index (χ3v) is 4.17. The Morgan fingerprint density at radius 1 is 0.828 bits per heavy atom. The van der Waals surface area contributed by atoms with Gasteiger partial charge in [0.15, 0.2) is 6.04 Å². The van der Waals surface area contributed by atoms with Crippen LogP contribution in [0.2, 0.25) is 0 Å². The van der Waals surface area contributed by atoms with Crippen LogP contribution in [0.1, 0.15) is 43.5 Å². The van der Waals surface area contributed by atoms with E-state index >= 15 is 0 Å². The predicted octanol–water partition coefficient (Wildman–Crippen LogP) is 5.75. The normalized spacial score (nSPS) is 12.1. The number of aliphatic imine (C=N–C) groups is 1. The monoisotopic (exact) mass is 389 g/mol. The van der Waals surface area contributed by atoms with E-state index in [9.17, 15) is 9.18 Å². The second-order valence-electron chi connectivity index (χ2n) is 7.70. The van der Waals surface area contributed by atoms with Crippen LogP contribution in [0.5, 0.6) is 0 Å². The van der Waals surface area contributed by atoms with E-state index in [1.807, 2.05) is 81.4 Å². The minimum absolute atomic E-state index is 0.369. The molecule has 0 radical (unpaired) electrons. The van der Waals surface area contributed by atoms with Gasteiger partial charge in [-0.05, 0) is 38.5 Å². The molecular formula is C25H24FNO2. The molecule has 0 N–H and O–H groups in total. The average molecular weight is 389 g/mol. The zero-order valence-corrected chi connectivity index (χ0v) is 16.8. The number of hydrogen-bond donors (Lipinski definition) is 0. The number of ether oxygens (including phenoxy) is 1. The van der Waals surface area contributed by atoms with Crippen molar-refractivity contribution in [2.24, 2.45) is 4.99 Å². The topological polar surface area (TPSA) is 38.7 Å². The summed E-state index contributed by atoms with van der Waals surface area (Å²) < 4.78 is 19.1. The van der Waals surface area contributed by atoms with Gasteiger partial charge in [-0.15, -0.1) is 0 Å². The molecule has 3 aromatic carbocycles. The summed E-state index contributed by atoms with van der Waals surface area (Å²) in [7, 11) is 0. The van der Waals surface area contributed by atoms with Crippen LogP contribution in [0.4, 0.5) is 4.39 Å². The van der Waals surface area contributed by atoms with Gasteiger partial charge in [0.05, 0.1) is 5.71 Å². The van der Waals surface area contributed by atoms with Gasteiger partial charge >= 0.3 is 5.97 Å². The third kappa shape index (κ3) is 5.61. The van der Waals surface area contributed by atoms with Crippen molar-refractivity contribution >= 4 is 11.7 Å². The minimum Gasteiger partial charge on any atom is -0.458 e. The summed E-state index contributed by atoms with van der Waals surface area (Å²) in [6.45, 7) is 5.43. The van der Waals surface area contributed by atoms with Crippen molar-refractivity contribution in [1.29, 1.82) is 0 Å². The maximum Gasteiger partial charge on any atom is 0.336 e. The van der Waals surface area contributed by atoms with Crippen LogP contribution in [0.25, 0.3) is 0 Å².